The third-order valence-electron chi connectivity index (χ3n) is 11.4. The quantitative estimate of drug-likeness (QED) is 0.392. The van der Waals surface area contributed by atoms with Crippen molar-refractivity contribution >= 4 is 0 Å². The summed E-state index contributed by atoms with van der Waals surface area (Å²) in [7, 11) is 0. The van der Waals surface area contributed by atoms with Gasteiger partial charge in [-0.1, -0.05) is 66.5 Å². The zero-order valence-electron chi connectivity index (χ0n) is 20.6. The molecule has 0 aromatic heterocycles. The van der Waals surface area contributed by atoms with Gasteiger partial charge in [0, 0.05) is 0 Å². The van der Waals surface area contributed by atoms with Gasteiger partial charge in [0.2, 0.25) is 0 Å². The van der Waals surface area contributed by atoms with Gasteiger partial charge in [0.1, 0.15) is 0 Å². The molecule has 0 spiro atoms. The summed E-state index contributed by atoms with van der Waals surface area (Å²) in [5.41, 5.74) is 1.27. The molecule has 0 bridgehead atoms. The summed E-state index contributed by atoms with van der Waals surface area (Å²) in [4.78, 5) is 0. The number of fused-ring (bicyclic) bond motifs is 5. The highest BCUT2D eigenvalue weighted by Gasteiger charge is 2.59. The standard InChI is InChI=1S/C29H50/c1-7-22(20(2)3)12-11-21(4)25-15-16-26-24-14-13-23-10-8-9-18-28(23,5)27(24)17-19-29(25,26)6/h8-9,20-27H,7,10-19H2,1-6H3/t21-,22-,23-,24+,25-,26+,27+,28+,29-/m1/s1. The molecule has 0 aromatic carbocycles. The van der Waals surface area contributed by atoms with Crippen LogP contribution >= 0.6 is 0 Å². The Morgan fingerprint density at radius 2 is 1.62 bits per heavy atom. The van der Waals surface area contributed by atoms with E-state index < -0.39 is 0 Å². The van der Waals surface area contributed by atoms with Gasteiger partial charge in [-0.25, -0.2) is 0 Å². The van der Waals surface area contributed by atoms with Crippen LogP contribution in [-0.2, 0) is 0 Å². The zero-order chi connectivity index (χ0) is 20.8. The number of hydrogen-bond acceptors (Lipinski definition) is 0. The van der Waals surface area contributed by atoms with E-state index in [-0.39, 0.29) is 0 Å². The predicted molar refractivity (Wildman–Crippen MR) is 127 cm³/mol. The molecule has 3 fully saturated rings. The average molecular weight is 399 g/mol. The Kier molecular flexibility index (Phi) is 6.32. The lowest BCUT2D eigenvalue weighted by molar-refractivity contribution is -0.101. The maximum absolute atomic E-state index is 2.75. The fourth-order valence-electron chi connectivity index (χ4n) is 9.50. The molecule has 0 saturated heterocycles. The van der Waals surface area contributed by atoms with Crippen LogP contribution in [0.3, 0.4) is 0 Å². The van der Waals surface area contributed by atoms with Crippen LogP contribution in [0.5, 0.6) is 0 Å². The number of allylic oxidation sites excluding steroid dienone is 2. The molecule has 0 heterocycles. The SMILES string of the molecule is CC[C@H](CC[C@@H](C)[C@H]1CC[C@H]2[C@@H]3CC[C@H]4CC=CC[C@]4(C)[C@H]3CC[C@]12C)C(C)C. The van der Waals surface area contributed by atoms with Crippen LogP contribution in [0.15, 0.2) is 12.2 Å². The van der Waals surface area contributed by atoms with E-state index in [4.69, 9.17) is 0 Å². The Labute approximate surface area is 182 Å². The fourth-order valence-corrected chi connectivity index (χ4v) is 9.50. The van der Waals surface area contributed by atoms with E-state index in [0.717, 1.165) is 47.3 Å². The van der Waals surface area contributed by atoms with Gasteiger partial charge in [0.05, 0.1) is 0 Å². The summed E-state index contributed by atoms with van der Waals surface area (Å²) in [5.74, 6) is 7.79. The maximum atomic E-state index is 2.75. The van der Waals surface area contributed by atoms with E-state index >= 15 is 0 Å². The van der Waals surface area contributed by atoms with Gasteiger partial charge < -0.3 is 0 Å². The third-order valence-corrected chi connectivity index (χ3v) is 11.4. The Morgan fingerprint density at radius 3 is 2.34 bits per heavy atom. The van der Waals surface area contributed by atoms with Gasteiger partial charge in [-0.05, 0) is 116 Å². The molecule has 166 valence electrons. The second kappa shape index (κ2) is 8.35. The summed E-state index contributed by atoms with van der Waals surface area (Å²) in [6.45, 7) is 15.3. The molecule has 4 aliphatic rings. The maximum Gasteiger partial charge on any atom is -0.0229 e. The minimum Gasteiger partial charge on any atom is -0.0882 e. The first-order chi connectivity index (χ1) is 13.8. The second-order valence-electron chi connectivity index (χ2n) is 12.8. The molecule has 0 unspecified atom stereocenters. The third kappa shape index (κ3) is 3.67. The summed E-state index contributed by atoms with van der Waals surface area (Å²) < 4.78 is 0. The van der Waals surface area contributed by atoms with Crippen LogP contribution < -0.4 is 0 Å². The lowest BCUT2D eigenvalue weighted by Crippen LogP contribution is -2.52. The van der Waals surface area contributed by atoms with Crippen LogP contribution in [-0.4, -0.2) is 0 Å². The van der Waals surface area contributed by atoms with E-state index in [0.29, 0.717) is 10.8 Å². The van der Waals surface area contributed by atoms with E-state index in [1.165, 1.54) is 57.8 Å². The van der Waals surface area contributed by atoms with Crippen LogP contribution in [0, 0.1) is 58.2 Å². The highest BCUT2D eigenvalue weighted by molar-refractivity contribution is 5.12. The molecular weight excluding hydrogens is 348 g/mol. The van der Waals surface area contributed by atoms with Crippen molar-refractivity contribution in [3.8, 4) is 0 Å². The van der Waals surface area contributed by atoms with Crippen LogP contribution in [0.1, 0.15) is 112 Å². The van der Waals surface area contributed by atoms with E-state index in [9.17, 15) is 0 Å². The minimum absolute atomic E-state index is 0.619. The van der Waals surface area contributed by atoms with Crippen molar-refractivity contribution in [1.29, 1.82) is 0 Å². The van der Waals surface area contributed by atoms with Gasteiger partial charge in [-0.15, -0.1) is 0 Å². The van der Waals surface area contributed by atoms with Gasteiger partial charge in [0.25, 0.3) is 0 Å². The fraction of sp³-hybridized carbons (Fsp3) is 0.931. The molecule has 0 N–H and O–H groups in total. The second-order valence-corrected chi connectivity index (χ2v) is 12.8. The molecule has 29 heavy (non-hydrogen) atoms. The number of hydrogen-bond donors (Lipinski definition) is 0. The zero-order valence-corrected chi connectivity index (χ0v) is 20.6. The summed E-state index contributed by atoms with van der Waals surface area (Å²) in [5, 5.41) is 0. The minimum atomic E-state index is 0.619. The van der Waals surface area contributed by atoms with Crippen molar-refractivity contribution in [2.24, 2.45) is 58.2 Å². The van der Waals surface area contributed by atoms with Crippen LogP contribution in [0.25, 0.3) is 0 Å². The average Bonchev–Trinajstić information content (AvgIpc) is 3.05. The largest absolute Gasteiger partial charge is 0.0882 e. The van der Waals surface area contributed by atoms with Crippen molar-refractivity contribution in [3.05, 3.63) is 12.2 Å². The van der Waals surface area contributed by atoms with Gasteiger partial charge >= 0.3 is 0 Å². The summed E-state index contributed by atoms with van der Waals surface area (Å²) in [6.07, 6.45) is 21.3. The number of rotatable bonds is 6. The molecule has 0 aromatic rings. The highest BCUT2D eigenvalue weighted by atomic mass is 14.6. The van der Waals surface area contributed by atoms with E-state index in [2.05, 4.69) is 53.7 Å². The molecule has 0 amide bonds. The smallest absolute Gasteiger partial charge is 0.0229 e. The lowest BCUT2D eigenvalue weighted by Gasteiger charge is -2.60. The molecule has 9 atom stereocenters. The van der Waals surface area contributed by atoms with Gasteiger partial charge in [-0.3, -0.25) is 0 Å². The first kappa shape index (κ1) is 22.0. The first-order valence-electron chi connectivity index (χ1n) is 13.5. The van der Waals surface area contributed by atoms with E-state index in [1.54, 1.807) is 12.8 Å². The molecular formula is C29H50. The predicted octanol–water partition coefficient (Wildman–Crippen LogP) is 8.91. The monoisotopic (exact) mass is 398 g/mol. The topological polar surface area (TPSA) is 0 Å². The molecule has 0 radical (unpaired) electrons. The highest BCUT2D eigenvalue weighted by Crippen LogP contribution is 2.68. The normalized spacial score (nSPS) is 46.1. The van der Waals surface area contributed by atoms with Crippen LogP contribution in [0.4, 0.5) is 0 Å². The first-order valence-corrected chi connectivity index (χ1v) is 13.5. The molecule has 0 nitrogen and oxygen atoms in total. The summed E-state index contributed by atoms with van der Waals surface area (Å²) in [6, 6.07) is 0. The van der Waals surface area contributed by atoms with Gasteiger partial charge in [-0.2, -0.15) is 0 Å². The Hall–Kier alpha value is -0.260. The molecule has 0 heteroatoms. The Balaban J connectivity index is 1.46. The van der Waals surface area contributed by atoms with Crippen LogP contribution in [0.2, 0.25) is 0 Å². The van der Waals surface area contributed by atoms with Crippen molar-refractivity contribution in [1.82, 2.24) is 0 Å². The lowest BCUT2D eigenvalue weighted by atomic mass is 9.45. The van der Waals surface area contributed by atoms with E-state index in [1.807, 2.05) is 0 Å². The van der Waals surface area contributed by atoms with Gasteiger partial charge in [0.15, 0.2) is 0 Å². The Bertz CT molecular complexity index is 587. The Morgan fingerprint density at radius 1 is 0.862 bits per heavy atom. The molecule has 0 aliphatic heterocycles. The molecule has 4 aliphatic carbocycles. The van der Waals surface area contributed by atoms with Crippen molar-refractivity contribution in [2.45, 2.75) is 112 Å². The van der Waals surface area contributed by atoms with Crippen molar-refractivity contribution < 1.29 is 0 Å². The van der Waals surface area contributed by atoms with Crippen molar-refractivity contribution in [2.75, 3.05) is 0 Å². The molecule has 4 rings (SSSR count). The molecule has 3 saturated carbocycles. The summed E-state index contributed by atoms with van der Waals surface area (Å²) >= 11 is 0. The van der Waals surface area contributed by atoms with Crippen molar-refractivity contribution in [3.63, 3.8) is 0 Å².